The monoisotopic (exact) mass is 695 g/mol. The molecule has 0 amide bonds. The van der Waals surface area contributed by atoms with Gasteiger partial charge in [0.1, 0.15) is 0 Å². The maximum absolute atomic E-state index is 5.28. The first-order chi connectivity index (χ1) is 26.3. The molecule has 0 radical (unpaired) electrons. The third-order valence-corrected chi connectivity index (χ3v) is 14.2. The van der Waals surface area contributed by atoms with Gasteiger partial charge in [-0.3, -0.25) is 0 Å². The normalized spacial score (nSPS) is 15.7. The van der Waals surface area contributed by atoms with Crippen molar-refractivity contribution in [2.24, 2.45) is 0 Å². The summed E-state index contributed by atoms with van der Waals surface area (Å²) in [5.41, 5.74) is 7.63. The molecule has 10 rings (SSSR count). The van der Waals surface area contributed by atoms with Crippen molar-refractivity contribution >= 4 is 20.8 Å². The predicted molar refractivity (Wildman–Crippen MR) is 218 cm³/mol. The molecular formula is C49H33N3S. The summed E-state index contributed by atoms with van der Waals surface area (Å²) in [5.74, 6) is 1.96. The molecule has 0 spiro atoms. The highest BCUT2D eigenvalue weighted by molar-refractivity contribution is 8.34. The van der Waals surface area contributed by atoms with Crippen LogP contribution in [0.3, 0.4) is 0 Å². The van der Waals surface area contributed by atoms with Crippen LogP contribution in [0, 0.1) is 0 Å². The van der Waals surface area contributed by atoms with E-state index >= 15 is 0 Å². The number of fused-ring (bicyclic) bond motifs is 4. The van der Waals surface area contributed by atoms with E-state index < -0.39 is 10.0 Å². The number of hydrogen-bond donors (Lipinski definition) is 0. The summed E-state index contributed by atoms with van der Waals surface area (Å²) >= 11 is 0. The number of aromatic nitrogens is 3. The summed E-state index contributed by atoms with van der Waals surface area (Å²) in [5, 5.41) is 2.51. The van der Waals surface area contributed by atoms with E-state index in [-0.39, 0.29) is 0 Å². The van der Waals surface area contributed by atoms with E-state index in [2.05, 4.69) is 176 Å². The SMILES string of the molecule is c1ccc(-c2ccc(-c3nc(-c4ccccc4)nc(-c4cccc5c4-c4ccccc4S5(c4ccccc4)c4cccc5ccccc45)n3)cc2)cc1. The molecule has 9 aromatic rings. The van der Waals surface area contributed by atoms with E-state index in [1.807, 2.05) is 24.3 Å². The lowest BCUT2D eigenvalue weighted by molar-refractivity contribution is 1.07. The minimum Gasteiger partial charge on any atom is -0.208 e. The Hall–Kier alpha value is -6.62. The van der Waals surface area contributed by atoms with E-state index in [1.54, 1.807) is 0 Å². The Labute approximate surface area is 310 Å². The van der Waals surface area contributed by atoms with E-state index in [9.17, 15) is 0 Å². The van der Waals surface area contributed by atoms with Crippen molar-refractivity contribution in [3.63, 3.8) is 0 Å². The largest absolute Gasteiger partial charge is 0.208 e. The molecule has 3 nitrogen and oxygen atoms in total. The van der Waals surface area contributed by atoms with Crippen LogP contribution in [0.25, 0.3) is 67.2 Å². The molecule has 0 fully saturated rings. The third kappa shape index (κ3) is 5.10. The average molecular weight is 696 g/mol. The van der Waals surface area contributed by atoms with Crippen LogP contribution in [0.2, 0.25) is 0 Å². The average Bonchev–Trinajstić information content (AvgIpc) is 3.55. The van der Waals surface area contributed by atoms with Crippen molar-refractivity contribution in [3.05, 3.63) is 200 Å². The summed E-state index contributed by atoms with van der Waals surface area (Å²) in [7, 11) is -1.92. The molecule has 1 atom stereocenters. The van der Waals surface area contributed by atoms with Gasteiger partial charge in [-0.1, -0.05) is 170 Å². The highest BCUT2D eigenvalue weighted by Gasteiger charge is 2.44. The molecule has 0 aliphatic carbocycles. The van der Waals surface area contributed by atoms with Crippen LogP contribution in [0.15, 0.2) is 220 Å². The van der Waals surface area contributed by atoms with Gasteiger partial charge in [0.25, 0.3) is 0 Å². The second-order valence-corrected chi connectivity index (χ2v) is 16.2. The summed E-state index contributed by atoms with van der Waals surface area (Å²) < 4.78 is 0. The lowest BCUT2D eigenvalue weighted by Gasteiger charge is -2.40. The van der Waals surface area contributed by atoms with Gasteiger partial charge >= 0.3 is 0 Å². The van der Waals surface area contributed by atoms with Gasteiger partial charge < -0.3 is 0 Å². The van der Waals surface area contributed by atoms with Crippen molar-refractivity contribution in [2.75, 3.05) is 0 Å². The smallest absolute Gasteiger partial charge is 0.164 e. The number of rotatable bonds is 6. The molecule has 2 heterocycles. The molecule has 8 aromatic carbocycles. The Bertz CT molecular complexity index is 2760. The minimum absolute atomic E-state index is 0.646. The summed E-state index contributed by atoms with van der Waals surface area (Å²) in [6, 6.07) is 71.5. The van der Waals surface area contributed by atoms with Crippen LogP contribution in [0.1, 0.15) is 0 Å². The quantitative estimate of drug-likeness (QED) is 0.174. The topological polar surface area (TPSA) is 38.7 Å². The molecule has 1 aliphatic rings. The highest BCUT2D eigenvalue weighted by Crippen LogP contribution is 2.81. The fraction of sp³-hybridized carbons (Fsp3) is 0. The fourth-order valence-corrected chi connectivity index (χ4v) is 12.2. The van der Waals surface area contributed by atoms with Gasteiger partial charge in [-0.05, 0) is 57.8 Å². The Morgan fingerprint density at radius 1 is 0.302 bits per heavy atom. The van der Waals surface area contributed by atoms with Crippen LogP contribution in [-0.2, 0) is 0 Å². The third-order valence-electron chi connectivity index (χ3n) is 10.2. The van der Waals surface area contributed by atoms with Crippen LogP contribution < -0.4 is 0 Å². The van der Waals surface area contributed by atoms with Crippen LogP contribution in [0.5, 0.6) is 0 Å². The predicted octanol–water partition coefficient (Wildman–Crippen LogP) is 13.0. The molecule has 53 heavy (non-hydrogen) atoms. The molecule has 0 saturated carbocycles. The maximum Gasteiger partial charge on any atom is 0.164 e. The lowest BCUT2D eigenvalue weighted by atomic mass is 9.99. The van der Waals surface area contributed by atoms with E-state index in [0.29, 0.717) is 17.5 Å². The molecule has 0 saturated heterocycles. The Morgan fingerprint density at radius 3 is 1.53 bits per heavy atom. The zero-order chi connectivity index (χ0) is 35.2. The van der Waals surface area contributed by atoms with Crippen molar-refractivity contribution < 1.29 is 0 Å². The van der Waals surface area contributed by atoms with Gasteiger partial charge in [0, 0.05) is 41.8 Å². The van der Waals surface area contributed by atoms with Gasteiger partial charge in [0.15, 0.2) is 17.5 Å². The van der Waals surface area contributed by atoms with E-state index in [4.69, 9.17) is 15.0 Å². The summed E-state index contributed by atoms with van der Waals surface area (Å²) in [6.07, 6.45) is 0. The van der Waals surface area contributed by atoms with Gasteiger partial charge in [0.2, 0.25) is 0 Å². The second-order valence-electron chi connectivity index (χ2n) is 13.2. The summed E-state index contributed by atoms with van der Waals surface area (Å²) in [6.45, 7) is 0. The number of nitrogens with zero attached hydrogens (tertiary/aromatic N) is 3. The molecule has 1 aliphatic heterocycles. The molecule has 0 bridgehead atoms. The van der Waals surface area contributed by atoms with Crippen molar-refractivity contribution in [3.8, 4) is 56.4 Å². The fourth-order valence-electron chi connectivity index (χ4n) is 7.80. The zero-order valence-corrected chi connectivity index (χ0v) is 29.6. The van der Waals surface area contributed by atoms with Crippen LogP contribution in [-0.4, -0.2) is 15.0 Å². The van der Waals surface area contributed by atoms with Crippen molar-refractivity contribution in [1.82, 2.24) is 15.0 Å². The first kappa shape index (κ1) is 31.1. The molecule has 0 N–H and O–H groups in total. The van der Waals surface area contributed by atoms with Crippen molar-refractivity contribution in [1.29, 1.82) is 0 Å². The van der Waals surface area contributed by atoms with E-state index in [0.717, 1.165) is 22.3 Å². The van der Waals surface area contributed by atoms with Crippen molar-refractivity contribution in [2.45, 2.75) is 19.6 Å². The summed E-state index contributed by atoms with van der Waals surface area (Å²) in [4.78, 5) is 20.9. The van der Waals surface area contributed by atoms with Gasteiger partial charge in [0.05, 0.1) is 0 Å². The van der Waals surface area contributed by atoms with Gasteiger partial charge in [-0.2, -0.15) is 0 Å². The molecule has 4 heteroatoms. The Morgan fingerprint density at radius 2 is 0.774 bits per heavy atom. The van der Waals surface area contributed by atoms with Crippen LogP contribution >= 0.6 is 10.0 Å². The minimum atomic E-state index is -1.92. The van der Waals surface area contributed by atoms with Crippen LogP contribution in [0.4, 0.5) is 0 Å². The molecule has 1 aromatic heterocycles. The van der Waals surface area contributed by atoms with E-state index in [1.165, 1.54) is 47.0 Å². The standard InChI is InChI=1S/C49H33N3S/c1-4-16-34(17-5-1)35-30-32-38(33-31-35)48-50-47(37-19-6-2-7-20-37)51-49(52-48)42-26-15-29-45-46(42)41-25-12-13-27-44(41)53(45,39-22-8-3-9-23-39)43-28-14-21-36-18-10-11-24-40(36)43/h1-33H. The molecular weight excluding hydrogens is 663 g/mol. The molecule has 1 unspecified atom stereocenters. The first-order valence-electron chi connectivity index (χ1n) is 17.9. The lowest BCUT2D eigenvalue weighted by Crippen LogP contribution is -2.03. The van der Waals surface area contributed by atoms with Gasteiger partial charge in [-0.15, -0.1) is 10.0 Å². The Kier molecular flexibility index (Phi) is 7.55. The molecule has 250 valence electrons. The second kappa shape index (κ2) is 12.9. The number of benzene rings is 8. The highest BCUT2D eigenvalue weighted by atomic mass is 32.3. The maximum atomic E-state index is 5.28. The number of hydrogen-bond acceptors (Lipinski definition) is 3. The van der Waals surface area contributed by atoms with Gasteiger partial charge in [-0.25, -0.2) is 15.0 Å². The zero-order valence-electron chi connectivity index (χ0n) is 28.8. The first-order valence-corrected chi connectivity index (χ1v) is 19.5. The Balaban J connectivity index is 1.24.